The molecule has 19 heavy (non-hydrogen) atoms. The monoisotopic (exact) mass is 264 g/mol. The average Bonchev–Trinajstić information content (AvgIpc) is 2.36. The van der Waals surface area contributed by atoms with E-state index >= 15 is 0 Å². The molecule has 2 aromatic rings. The van der Waals surface area contributed by atoms with Gasteiger partial charge in [-0.05, 0) is 5.56 Å². The van der Waals surface area contributed by atoms with E-state index in [0.29, 0.717) is 0 Å². The van der Waals surface area contributed by atoms with E-state index in [1.54, 1.807) is 12.1 Å². The summed E-state index contributed by atoms with van der Waals surface area (Å²) in [6.07, 6.45) is 0. The highest BCUT2D eigenvalue weighted by atomic mass is 19.1. The minimum absolute atomic E-state index is 0.0520. The first kappa shape index (κ1) is 13.0. The number of ether oxygens (including phenoxy) is 1. The molecular formula is C14H10F2O3. The summed E-state index contributed by atoms with van der Waals surface area (Å²) in [6.45, 7) is 0.145. The topological polar surface area (TPSA) is 46.5 Å². The maximum Gasteiger partial charge on any atom is 0.341 e. The van der Waals surface area contributed by atoms with E-state index in [-0.39, 0.29) is 12.4 Å². The maximum atomic E-state index is 13.4. The molecule has 0 aliphatic carbocycles. The van der Waals surface area contributed by atoms with Gasteiger partial charge in [-0.3, -0.25) is 0 Å². The van der Waals surface area contributed by atoms with Crippen LogP contribution >= 0.6 is 0 Å². The van der Waals surface area contributed by atoms with Crippen molar-refractivity contribution in [2.75, 3.05) is 0 Å². The Morgan fingerprint density at radius 3 is 2.21 bits per heavy atom. The van der Waals surface area contributed by atoms with Crippen LogP contribution in [0.4, 0.5) is 8.78 Å². The predicted molar refractivity (Wildman–Crippen MR) is 64.1 cm³/mol. The van der Waals surface area contributed by atoms with E-state index < -0.39 is 23.2 Å². The number of carboxylic acid groups (broad SMARTS) is 1. The third-order valence-electron chi connectivity index (χ3n) is 2.48. The van der Waals surface area contributed by atoms with E-state index in [1.165, 1.54) is 0 Å². The summed E-state index contributed by atoms with van der Waals surface area (Å²) in [5.41, 5.74) is -0.141. The summed E-state index contributed by atoms with van der Waals surface area (Å²) >= 11 is 0. The minimum Gasteiger partial charge on any atom is -0.489 e. The lowest BCUT2D eigenvalue weighted by atomic mass is 10.2. The Balaban J connectivity index is 2.16. The molecule has 0 aromatic heterocycles. The lowest BCUT2D eigenvalue weighted by Gasteiger charge is -2.08. The molecule has 98 valence electrons. The first-order chi connectivity index (χ1) is 9.08. The summed E-state index contributed by atoms with van der Waals surface area (Å²) in [5.74, 6) is -4.01. The number of hydrogen-bond acceptors (Lipinski definition) is 2. The van der Waals surface area contributed by atoms with Crippen molar-refractivity contribution in [2.45, 2.75) is 6.61 Å². The van der Waals surface area contributed by atoms with E-state index in [4.69, 9.17) is 9.84 Å². The molecule has 0 atom stereocenters. The van der Waals surface area contributed by atoms with Crippen molar-refractivity contribution >= 4 is 5.97 Å². The zero-order valence-corrected chi connectivity index (χ0v) is 9.77. The van der Waals surface area contributed by atoms with Crippen molar-refractivity contribution in [3.63, 3.8) is 0 Å². The molecule has 0 unspecified atom stereocenters. The predicted octanol–water partition coefficient (Wildman–Crippen LogP) is 3.24. The number of halogens is 2. The van der Waals surface area contributed by atoms with Crippen molar-refractivity contribution in [1.82, 2.24) is 0 Å². The van der Waals surface area contributed by atoms with Gasteiger partial charge < -0.3 is 9.84 Å². The number of rotatable bonds is 4. The van der Waals surface area contributed by atoms with Crippen molar-refractivity contribution in [3.8, 4) is 5.75 Å². The standard InChI is InChI=1S/C14H10F2O3/c15-11-6-10(7-12(16)13(11)14(17)18)19-8-9-4-2-1-3-5-9/h1-7H,8H2,(H,17,18). The molecule has 0 saturated heterocycles. The Kier molecular flexibility index (Phi) is 3.75. The minimum atomic E-state index is -1.65. The number of carbonyl (C=O) groups is 1. The third-order valence-corrected chi connectivity index (χ3v) is 2.48. The fourth-order valence-electron chi connectivity index (χ4n) is 1.58. The van der Waals surface area contributed by atoms with Crippen molar-refractivity contribution in [3.05, 3.63) is 65.2 Å². The van der Waals surface area contributed by atoms with Crippen molar-refractivity contribution in [1.29, 1.82) is 0 Å². The first-order valence-electron chi connectivity index (χ1n) is 5.47. The van der Waals surface area contributed by atoms with E-state index in [9.17, 15) is 13.6 Å². The molecule has 0 spiro atoms. The molecule has 0 aliphatic heterocycles. The molecule has 2 aromatic carbocycles. The fourth-order valence-corrected chi connectivity index (χ4v) is 1.58. The van der Waals surface area contributed by atoms with Crippen LogP contribution in [0.2, 0.25) is 0 Å². The van der Waals surface area contributed by atoms with Crippen LogP contribution in [0.15, 0.2) is 42.5 Å². The second-order valence-corrected chi connectivity index (χ2v) is 3.84. The molecule has 0 fully saturated rings. The van der Waals surface area contributed by atoms with Gasteiger partial charge in [-0.2, -0.15) is 0 Å². The Morgan fingerprint density at radius 2 is 1.68 bits per heavy atom. The largest absolute Gasteiger partial charge is 0.489 e. The molecule has 0 saturated carbocycles. The summed E-state index contributed by atoms with van der Waals surface area (Å²) < 4.78 is 32.0. The number of aromatic carboxylic acids is 1. The van der Waals surface area contributed by atoms with Crippen LogP contribution in [0, 0.1) is 11.6 Å². The zero-order valence-electron chi connectivity index (χ0n) is 9.77. The molecule has 0 aliphatic rings. The Bertz CT molecular complexity index is 574. The summed E-state index contributed by atoms with van der Waals surface area (Å²) in [4.78, 5) is 10.6. The van der Waals surface area contributed by atoms with Crippen LogP contribution < -0.4 is 4.74 Å². The third kappa shape index (κ3) is 3.07. The van der Waals surface area contributed by atoms with E-state index in [1.807, 2.05) is 18.2 Å². The Hall–Kier alpha value is -2.43. The van der Waals surface area contributed by atoms with Crippen molar-refractivity contribution < 1.29 is 23.4 Å². The van der Waals surface area contributed by atoms with E-state index in [0.717, 1.165) is 17.7 Å². The highest BCUT2D eigenvalue weighted by molar-refractivity contribution is 5.88. The van der Waals surface area contributed by atoms with Gasteiger partial charge >= 0.3 is 5.97 Å². The number of carboxylic acids is 1. The number of hydrogen-bond donors (Lipinski definition) is 1. The Morgan fingerprint density at radius 1 is 1.11 bits per heavy atom. The Labute approximate surface area is 108 Å². The normalized spacial score (nSPS) is 10.2. The van der Waals surface area contributed by atoms with Gasteiger partial charge in [0.1, 0.15) is 29.6 Å². The molecule has 5 heteroatoms. The van der Waals surface area contributed by atoms with Gasteiger partial charge in [-0.25, -0.2) is 13.6 Å². The smallest absolute Gasteiger partial charge is 0.341 e. The average molecular weight is 264 g/mol. The molecule has 0 heterocycles. The highest BCUT2D eigenvalue weighted by Crippen LogP contribution is 2.21. The molecule has 0 amide bonds. The molecule has 0 radical (unpaired) electrons. The molecule has 3 nitrogen and oxygen atoms in total. The highest BCUT2D eigenvalue weighted by Gasteiger charge is 2.18. The van der Waals surface area contributed by atoms with Gasteiger partial charge in [0.05, 0.1) is 0 Å². The summed E-state index contributed by atoms with van der Waals surface area (Å²) in [7, 11) is 0. The summed E-state index contributed by atoms with van der Waals surface area (Å²) in [6, 6.07) is 10.8. The maximum absolute atomic E-state index is 13.4. The quantitative estimate of drug-likeness (QED) is 0.922. The molecule has 1 N–H and O–H groups in total. The second-order valence-electron chi connectivity index (χ2n) is 3.84. The van der Waals surface area contributed by atoms with Crippen molar-refractivity contribution in [2.24, 2.45) is 0 Å². The second kappa shape index (κ2) is 5.48. The van der Waals surface area contributed by atoms with Gasteiger partial charge in [0.2, 0.25) is 0 Å². The van der Waals surface area contributed by atoms with Crippen LogP contribution in [-0.2, 0) is 6.61 Å². The van der Waals surface area contributed by atoms with Crippen LogP contribution in [0.3, 0.4) is 0 Å². The van der Waals surface area contributed by atoms with Gasteiger partial charge in [-0.15, -0.1) is 0 Å². The summed E-state index contributed by atoms with van der Waals surface area (Å²) in [5, 5.41) is 8.62. The van der Waals surface area contributed by atoms with Gasteiger partial charge in [0.15, 0.2) is 0 Å². The van der Waals surface area contributed by atoms with Gasteiger partial charge in [0, 0.05) is 12.1 Å². The fraction of sp³-hybridized carbons (Fsp3) is 0.0714. The lowest BCUT2D eigenvalue weighted by Crippen LogP contribution is -2.05. The molecular weight excluding hydrogens is 254 g/mol. The van der Waals surface area contributed by atoms with Crippen LogP contribution in [0.25, 0.3) is 0 Å². The van der Waals surface area contributed by atoms with E-state index in [2.05, 4.69) is 0 Å². The van der Waals surface area contributed by atoms with Crippen LogP contribution in [-0.4, -0.2) is 11.1 Å². The SMILES string of the molecule is O=C(O)c1c(F)cc(OCc2ccccc2)cc1F. The number of benzene rings is 2. The van der Waals surface area contributed by atoms with Crippen LogP contribution in [0.5, 0.6) is 5.75 Å². The molecule has 0 bridgehead atoms. The van der Waals surface area contributed by atoms with Gasteiger partial charge in [-0.1, -0.05) is 30.3 Å². The first-order valence-corrected chi connectivity index (χ1v) is 5.47. The van der Waals surface area contributed by atoms with Gasteiger partial charge in [0.25, 0.3) is 0 Å². The van der Waals surface area contributed by atoms with Crippen LogP contribution in [0.1, 0.15) is 15.9 Å². The molecule has 2 rings (SSSR count). The zero-order chi connectivity index (χ0) is 13.8. The lowest BCUT2D eigenvalue weighted by molar-refractivity contribution is 0.0686.